The second-order valence-electron chi connectivity index (χ2n) is 5.28. The topological polar surface area (TPSA) is 35.2 Å². The van der Waals surface area contributed by atoms with Crippen molar-refractivity contribution in [3.8, 4) is 0 Å². The minimum atomic E-state index is 0.136. The van der Waals surface area contributed by atoms with Crippen molar-refractivity contribution in [3.63, 3.8) is 0 Å². The minimum absolute atomic E-state index is 0.136. The molecular formula is C15H22ClNO. The highest BCUT2D eigenvalue weighted by molar-refractivity contribution is 6.30. The Balaban J connectivity index is 2.40. The number of halogens is 1. The summed E-state index contributed by atoms with van der Waals surface area (Å²) < 4.78 is 5.30. The first-order valence-electron chi connectivity index (χ1n) is 6.70. The van der Waals surface area contributed by atoms with Crippen molar-refractivity contribution in [2.75, 3.05) is 13.7 Å². The van der Waals surface area contributed by atoms with E-state index < -0.39 is 0 Å². The second-order valence-corrected chi connectivity index (χ2v) is 5.72. The van der Waals surface area contributed by atoms with Crippen LogP contribution >= 0.6 is 11.6 Å². The van der Waals surface area contributed by atoms with E-state index in [0.29, 0.717) is 13.2 Å². The van der Waals surface area contributed by atoms with Crippen molar-refractivity contribution < 1.29 is 4.74 Å². The standard InChI is InChI=1S/C15H22ClNO/c1-18-10-12-9-13(16)5-6-14(12)15(11-17)7-3-2-4-8-15/h5-6,9H,2-4,7-8,10-11,17H2,1H3. The third kappa shape index (κ3) is 2.71. The Hall–Kier alpha value is -0.570. The van der Waals surface area contributed by atoms with Crippen molar-refractivity contribution in [2.45, 2.75) is 44.1 Å². The van der Waals surface area contributed by atoms with Crippen LogP contribution in [0.5, 0.6) is 0 Å². The Morgan fingerprint density at radius 1 is 1.28 bits per heavy atom. The fourth-order valence-corrected chi connectivity index (χ4v) is 3.36. The number of hydrogen-bond donors (Lipinski definition) is 1. The molecule has 100 valence electrons. The first-order valence-corrected chi connectivity index (χ1v) is 7.07. The summed E-state index contributed by atoms with van der Waals surface area (Å²) >= 11 is 6.09. The molecule has 0 aromatic heterocycles. The number of benzene rings is 1. The molecule has 0 unspecified atom stereocenters. The summed E-state index contributed by atoms with van der Waals surface area (Å²) in [5.41, 5.74) is 8.77. The summed E-state index contributed by atoms with van der Waals surface area (Å²) in [5, 5.41) is 0.772. The molecule has 0 atom stereocenters. The average molecular weight is 268 g/mol. The molecule has 0 amide bonds. The van der Waals surface area contributed by atoms with Crippen LogP contribution in [0, 0.1) is 0 Å². The molecule has 1 aromatic carbocycles. The molecule has 3 heteroatoms. The zero-order chi connectivity index (χ0) is 13.0. The SMILES string of the molecule is COCc1cc(Cl)ccc1C1(CN)CCCCC1. The van der Waals surface area contributed by atoms with E-state index >= 15 is 0 Å². The predicted octanol–water partition coefficient (Wildman–Crippen LogP) is 3.65. The lowest BCUT2D eigenvalue weighted by atomic mass is 9.68. The first-order chi connectivity index (χ1) is 8.72. The average Bonchev–Trinajstić information content (AvgIpc) is 2.40. The molecule has 1 fully saturated rings. The largest absolute Gasteiger partial charge is 0.380 e. The number of hydrogen-bond acceptors (Lipinski definition) is 2. The quantitative estimate of drug-likeness (QED) is 0.904. The van der Waals surface area contributed by atoms with Crippen LogP contribution in [0.25, 0.3) is 0 Å². The Bertz CT molecular complexity index is 399. The molecule has 0 heterocycles. The van der Waals surface area contributed by atoms with E-state index in [1.165, 1.54) is 43.2 Å². The summed E-state index contributed by atoms with van der Waals surface area (Å²) in [6.45, 7) is 1.32. The molecule has 1 aliphatic rings. The molecule has 18 heavy (non-hydrogen) atoms. The third-order valence-corrected chi connectivity index (χ3v) is 4.37. The van der Waals surface area contributed by atoms with Crippen LogP contribution in [0.4, 0.5) is 0 Å². The summed E-state index contributed by atoms with van der Waals surface area (Å²) in [5.74, 6) is 0. The van der Waals surface area contributed by atoms with Gasteiger partial charge in [-0.3, -0.25) is 0 Å². The molecule has 0 aliphatic heterocycles. The molecule has 0 spiro atoms. The Morgan fingerprint density at radius 2 is 2.00 bits per heavy atom. The fourth-order valence-electron chi connectivity index (χ4n) is 3.17. The zero-order valence-electron chi connectivity index (χ0n) is 11.0. The summed E-state index contributed by atoms with van der Waals surface area (Å²) in [4.78, 5) is 0. The molecule has 0 radical (unpaired) electrons. The lowest BCUT2D eigenvalue weighted by Gasteiger charge is -2.38. The van der Waals surface area contributed by atoms with Crippen molar-refractivity contribution in [1.82, 2.24) is 0 Å². The van der Waals surface area contributed by atoms with Crippen molar-refractivity contribution in [1.29, 1.82) is 0 Å². The number of nitrogens with two attached hydrogens (primary N) is 1. The molecule has 1 saturated carbocycles. The number of methoxy groups -OCH3 is 1. The normalized spacial score (nSPS) is 18.8. The second kappa shape index (κ2) is 6.05. The van der Waals surface area contributed by atoms with Crippen molar-refractivity contribution in [2.24, 2.45) is 5.73 Å². The Kier molecular flexibility index (Phi) is 4.66. The summed E-state index contributed by atoms with van der Waals surface area (Å²) in [6, 6.07) is 6.14. The van der Waals surface area contributed by atoms with E-state index in [0.717, 1.165) is 5.02 Å². The molecule has 2 rings (SSSR count). The van der Waals surface area contributed by atoms with E-state index in [9.17, 15) is 0 Å². The van der Waals surface area contributed by atoms with Crippen molar-refractivity contribution >= 4 is 11.6 Å². The van der Waals surface area contributed by atoms with Gasteiger partial charge in [-0.25, -0.2) is 0 Å². The van der Waals surface area contributed by atoms with Crippen LogP contribution in [-0.2, 0) is 16.8 Å². The zero-order valence-corrected chi connectivity index (χ0v) is 11.8. The summed E-state index contributed by atoms with van der Waals surface area (Å²) in [7, 11) is 1.72. The van der Waals surface area contributed by atoms with Gasteiger partial charge in [0, 0.05) is 24.1 Å². The van der Waals surface area contributed by atoms with Gasteiger partial charge in [0.1, 0.15) is 0 Å². The highest BCUT2D eigenvalue weighted by Gasteiger charge is 2.34. The maximum Gasteiger partial charge on any atom is 0.0716 e. The van der Waals surface area contributed by atoms with E-state index in [4.69, 9.17) is 22.1 Å². The molecule has 2 nitrogen and oxygen atoms in total. The van der Waals surface area contributed by atoms with Crippen LogP contribution in [0.1, 0.15) is 43.2 Å². The first kappa shape index (κ1) is 13.9. The van der Waals surface area contributed by atoms with Gasteiger partial charge in [-0.2, -0.15) is 0 Å². The highest BCUT2D eigenvalue weighted by atomic mass is 35.5. The maximum atomic E-state index is 6.10. The highest BCUT2D eigenvalue weighted by Crippen LogP contribution is 2.40. The van der Waals surface area contributed by atoms with Gasteiger partial charge in [-0.1, -0.05) is 36.9 Å². The Labute approximate surface area is 114 Å². The van der Waals surface area contributed by atoms with E-state index in [1.807, 2.05) is 12.1 Å². The lowest BCUT2D eigenvalue weighted by molar-refractivity contribution is 0.181. The predicted molar refractivity (Wildman–Crippen MR) is 76.0 cm³/mol. The third-order valence-electron chi connectivity index (χ3n) is 4.14. The van der Waals surface area contributed by atoms with Gasteiger partial charge in [-0.05, 0) is 36.1 Å². The van der Waals surface area contributed by atoms with Gasteiger partial charge < -0.3 is 10.5 Å². The van der Waals surface area contributed by atoms with Crippen LogP contribution in [-0.4, -0.2) is 13.7 Å². The van der Waals surface area contributed by atoms with Crippen LogP contribution in [0.15, 0.2) is 18.2 Å². The van der Waals surface area contributed by atoms with Gasteiger partial charge in [0.2, 0.25) is 0 Å². The molecule has 0 bridgehead atoms. The van der Waals surface area contributed by atoms with Gasteiger partial charge in [0.25, 0.3) is 0 Å². The summed E-state index contributed by atoms with van der Waals surface area (Å²) in [6.07, 6.45) is 6.23. The van der Waals surface area contributed by atoms with E-state index in [-0.39, 0.29) is 5.41 Å². The molecular weight excluding hydrogens is 246 g/mol. The smallest absolute Gasteiger partial charge is 0.0716 e. The molecule has 2 N–H and O–H groups in total. The van der Waals surface area contributed by atoms with E-state index in [2.05, 4.69) is 6.07 Å². The van der Waals surface area contributed by atoms with Crippen LogP contribution < -0.4 is 5.73 Å². The Morgan fingerprint density at radius 3 is 2.61 bits per heavy atom. The van der Waals surface area contributed by atoms with Crippen LogP contribution in [0.2, 0.25) is 5.02 Å². The number of rotatable bonds is 4. The van der Waals surface area contributed by atoms with Crippen molar-refractivity contribution in [3.05, 3.63) is 34.3 Å². The van der Waals surface area contributed by atoms with Gasteiger partial charge in [0.15, 0.2) is 0 Å². The maximum absolute atomic E-state index is 6.10. The van der Waals surface area contributed by atoms with Gasteiger partial charge in [-0.15, -0.1) is 0 Å². The molecule has 0 saturated heterocycles. The minimum Gasteiger partial charge on any atom is -0.380 e. The van der Waals surface area contributed by atoms with Gasteiger partial charge >= 0.3 is 0 Å². The molecule has 1 aliphatic carbocycles. The van der Waals surface area contributed by atoms with Crippen LogP contribution in [0.3, 0.4) is 0 Å². The number of ether oxygens (including phenoxy) is 1. The lowest BCUT2D eigenvalue weighted by Crippen LogP contribution is -2.38. The van der Waals surface area contributed by atoms with Gasteiger partial charge in [0.05, 0.1) is 6.61 Å². The molecule has 1 aromatic rings. The monoisotopic (exact) mass is 267 g/mol. The van der Waals surface area contributed by atoms with E-state index in [1.54, 1.807) is 7.11 Å². The fraction of sp³-hybridized carbons (Fsp3) is 0.600.